The molecule has 4 rings (SSSR count). The number of hydrogen-bond acceptors (Lipinski definition) is 5. The molecule has 0 spiro atoms. The third kappa shape index (κ3) is 3.17. The Labute approximate surface area is 146 Å². The fraction of sp³-hybridized carbons (Fsp3) is 0.333. The van der Waals surface area contributed by atoms with Crippen LogP contribution in [-0.4, -0.2) is 41.1 Å². The topological polar surface area (TPSA) is 79.0 Å². The number of rotatable bonds is 3. The first-order valence-corrected chi connectivity index (χ1v) is 10.1. The van der Waals surface area contributed by atoms with E-state index in [0.29, 0.717) is 0 Å². The number of aryl methyl sites for hydroxylation is 1. The molecule has 7 heteroatoms. The molecule has 0 saturated heterocycles. The number of aromatic nitrogens is 3. The van der Waals surface area contributed by atoms with Crippen LogP contribution in [0.1, 0.15) is 22.4 Å². The molecular weight excluding hydrogens is 336 g/mol. The molecule has 0 aliphatic carbocycles. The van der Waals surface area contributed by atoms with Gasteiger partial charge >= 0.3 is 0 Å². The molecule has 0 unspecified atom stereocenters. The van der Waals surface area contributed by atoms with E-state index in [0.717, 1.165) is 49.1 Å². The summed E-state index contributed by atoms with van der Waals surface area (Å²) in [6, 6.07) is 6.45. The zero-order valence-electron chi connectivity index (χ0n) is 14.3. The van der Waals surface area contributed by atoms with E-state index < -0.39 is 9.84 Å². The fourth-order valence-electron chi connectivity index (χ4n) is 3.34. The summed E-state index contributed by atoms with van der Waals surface area (Å²) in [4.78, 5) is 14.0. The number of fused-ring (bicyclic) bond motifs is 2. The Bertz CT molecular complexity index is 1060. The lowest BCUT2D eigenvalue weighted by molar-refractivity contribution is 0.243. The van der Waals surface area contributed by atoms with Crippen LogP contribution in [0, 0.1) is 6.92 Å². The van der Waals surface area contributed by atoms with Gasteiger partial charge in [-0.1, -0.05) is 12.1 Å². The van der Waals surface area contributed by atoms with Gasteiger partial charge in [-0.2, -0.15) is 0 Å². The highest BCUT2D eigenvalue weighted by atomic mass is 32.2. The molecule has 130 valence electrons. The van der Waals surface area contributed by atoms with Gasteiger partial charge < -0.3 is 4.98 Å². The van der Waals surface area contributed by atoms with Gasteiger partial charge in [0.1, 0.15) is 0 Å². The minimum Gasteiger partial charge on any atom is -0.361 e. The van der Waals surface area contributed by atoms with E-state index in [1.165, 1.54) is 16.5 Å². The van der Waals surface area contributed by atoms with Crippen molar-refractivity contribution in [2.45, 2.75) is 31.6 Å². The molecule has 6 nitrogen and oxygen atoms in total. The normalized spacial score (nSPS) is 15.4. The molecule has 25 heavy (non-hydrogen) atoms. The first-order valence-electron chi connectivity index (χ1n) is 8.24. The number of nitrogens with zero attached hydrogens (tertiary/aromatic N) is 3. The highest BCUT2D eigenvalue weighted by molar-refractivity contribution is 7.90. The average molecular weight is 356 g/mol. The summed E-state index contributed by atoms with van der Waals surface area (Å²) in [5.74, 6) is 0. The third-order valence-corrected chi connectivity index (χ3v) is 5.50. The monoisotopic (exact) mass is 356 g/mol. The molecule has 3 aromatic rings. The van der Waals surface area contributed by atoms with Gasteiger partial charge in [-0.15, -0.1) is 0 Å². The summed E-state index contributed by atoms with van der Waals surface area (Å²) >= 11 is 0. The van der Waals surface area contributed by atoms with E-state index in [2.05, 4.69) is 51.2 Å². The van der Waals surface area contributed by atoms with Crippen LogP contribution < -0.4 is 0 Å². The number of benzene rings is 1. The number of hydrogen-bond donors (Lipinski definition) is 1. The van der Waals surface area contributed by atoms with Crippen molar-refractivity contribution in [2.75, 3.05) is 12.8 Å². The van der Waals surface area contributed by atoms with Gasteiger partial charge in [0, 0.05) is 61.2 Å². The van der Waals surface area contributed by atoms with Gasteiger partial charge in [-0.3, -0.25) is 4.90 Å². The van der Waals surface area contributed by atoms with Crippen molar-refractivity contribution >= 4 is 20.7 Å². The van der Waals surface area contributed by atoms with Crippen molar-refractivity contribution in [3.63, 3.8) is 0 Å². The van der Waals surface area contributed by atoms with Crippen LogP contribution >= 0.6 is 0 Å². The summed E-state index contributed by atoms with van der Waals surface area (Å²) in [5.41, 5.74) is 5.53. The Hall–Kier alpha value is -2.25. The van der Waals surface area contributed by atoms with E-state index in [4.69, 9.17) is 0 Å². The van der Waals surface area contributed by atoms with Crippen molar-refractivity contribution in [1.29, 1.82) is 0 Å². The fourth-order valence-corrected chi connectivity index (χ4v) is 3.86. The average Bonchev–Trinajstić information content (AvgIpc) is 2.95. The van der Waals surface area contributed by atoms with Crippen molar-refractivity contribution in [1.82, 2.24) is 19.9 Å². The molecule has 0 fully saturated rings. The Morgan fingerprint density at radius 1 is 1.32 bits per heavy atom. The maximum atomic E-state index is 11.6. The molecule has 0 saturated carbocycles. The smallest absolute Gasteiger partial charge is 0.246 e. The minimum absolute atomic E-state index is 0.0771. The molecule has 1 aliphatic heterocycles. The second-order valence-electron chi connectivity index (χ2n) is 6.72. The van der Waals surface area contributed by atoms with E-state index in [-0.39, 0.29) is 5.16 Å². The van der Waals surface area contributed by atoms with Crippen LogP contribution in [0.15, 0.2) is 35.7 Å². The zero-order valence-corrected chi connectivity index (χ0v) is 15.1. The maximum absolute atomic E-state index is 11.6. The molecule has 0 amide bonds. The maximum Gasteiger partial charge on any atom is 0.246 e. The number of sulfone groups is 1. The van der Waals surface area contributed by atoms with Gasteiger partial charge in [0.2, 0.25) is 15.0 Å². The van der Waals surface area contributed by atoms with E-state index in [1.807, 2.05) is 0 Å². The second-order valence-corrected chi connectivity index (χ2v) is 8.63. The van der Waals surface area contributed by atoms with E-state index >= 15 is 0 Å². The largest absolute Gasteiger partial charge is 0.361 e. The van der Waals surface area contributed by atoms with Gasteiger partial charge in [0.25, 0.3) is 0 Å². The molecule has 1 N–H and O–H groups in total. The molecule has 1 aliphatic rings. The lowest BCUT2D eigenvalue weighted by atomic mass is 10.1. The molecule has 2 aromatic heterocycles. The summed E-state index contributed by atoms with van der Waals surface area (Å²) in [5, 5.41) is 1.17. The Morgan fingerprint density at radius 2 is 2.16 bits per heavy atom. The Kier molecular flexibility index (Phi) is 3.85. The minimum atomic E-state index is -3.36. The van der Waals surface area contributed by atoms with Crippen LogP contribution in [0.25, 0.3) is 10.9 Å². The van der Waals surface area contributed by atoms with Crippen LogP contribution in [-0.2, 0) is 29.3 Å². The first kappa shape index (κ1) is 16.2. The van der Waals surface area contributed by atoms with Crippen LogP contribution in [0.5, 0.6) is 0 Å². The highest BCUT2D eigenvalue weighted by Crippen LogP contribution is 2.24. The summed E-state index contributed by atoms with van der Waals surface area (Å²) in [7, 11) is -3.36. The predicted octanol–water partition coefficient (Wildman–Crippen LogP) is 2.23. The Balaban J connectivity index is 1.56. The molecule has 1 aromatic carbocycles. The molecular formula is C18H20N4O2S. The zero-order chi connectivity index (χ0) is 17.6. The molecule has 0 bridgehead atoms. The van der Waals surface area contributed by atoms with Crippen molar-refractivity contribution in [3.8, 4) is 0 Å². The van der Waals surface area contributed by atoms with E-state index in [1.54, 1.807) is 6.20 Å². The lowest BCUT2D eigenvalue weighted by Crippen LogP contribution is -2.31. The summed E-state index contributed by atoms with van der Waals surface area (Å²) in [6.45, 7) is 4.52. The van der Waals surface area contributed by atoms with Crippen molar-refractivity contribution in [3.05, 3.63) is 53.0 Å². The summed E-state index contributed by atoms with van der Waals surface area (Å²) in [6.07, 6.45) is 5.61. The van der Waals surface area contributed by atoms with Gasteiger partial charge in [-0.05, 0) is 24.1 Å². The van der Waals surface area contributed by atoms with E-state index in [9.17, 15) is 8.42 Å². The quantitative estimate of drug-likeness (QED) is 0.728. The van der Waals surface area contributed by atoms with Crippen LogP contribution in [0.3, 0.4) is 0 Å². The molecule has 3 heterocycles. The number of nitrogens with one attached hydrogen (secondary N) is 1. The predicted molar refractivity (Wildman–Crippen MR) is 96.0 cm³/mol. The van der Waals surface area contributed by atoms with Crippen molar-refractivity contribution in [2.24, 2.45) is 0 Å². The van der Waals surface area contributed by atoms with Gasteiger partial charge in [0.05, 0.1) is 5.69 Å². The molecule has 0 atom stereocenters. The highest BCUT2D eigenvalue weighted by Gasteiger charge is 2.21. The van der Waals surface area contributed by atoms with Crippen LogP contribution in [0.2, 0.25) is 0 Å². The lowest BCUT2D eigenvalue weighted by Gasteiger charge is -2.27. The SMILES string of the molecule is Cc1ccc2c(CN3CCc4nc(S(C)(=O)=O)ncc4C3)c[nH]c2c1. The standard InChI is InChI=1S/C18H20N4O2S/c1-12-3-4-15-13(8-19-17(15)7-12)10-22-6-5-16-14(11-22)9-20-18(21-16)25(2,23)24/h3-4,7-9,19H,5-6,10-11H2,1-2H3. The number of aromatic amines is 1. The molecule has 0 radical (unpaired) electrons. The van der Waals surface area contributed by atoms with Crippen LogP contribution in [0.4, 0.5) is 0 Å². The number of H-pyrrole nitrogens is 1. The third-order valence-electron chi connectivity index (χ3n) is 4.64. The second kappa shape index (κ2) is 5.93. The van der Waals surface area contributed by atoms with Crippen molar-refractivity contribution < 1.29 is 8.42 Å². The summed E-state index contributed by atoms with van der Waals surface area (Å²) < 4.78 is 23.2. The van der Waals surface area contributed by atoms with Gasteiger partial charge in [0.15, 0.2) is 0 Å². The Morgan fingerprint density at radius 3 is 2.96 bits per heavy atom. The van der Waals surface area contributed by atoms with Gasteiger partial charge in [-0.25, -0.2) is 18.4 Å². The first-order chi connectivity index (χ1) is 11.9.